The molecule has 0 radical (unpaired) electrons. The van der Waals surface area contributed by atoms with E-state index >= 15 is 0 Å². The van der Waals surface area contributed by atoms with Crippen LogP contribution < -0.4 is 10.6 Å². The van der Waals surface area contributed by atoms with E-state index in [1.165, 1.54) is 11.8 Å². The normalized spacial score (nSPS) is 11.3. The summed E-state index contributed by atoms with van der Waals surface area (Å²) < 4.78 is 1.74. The molecular formula is C22H23Cl2N5O2S. The molecule has 7 nitrogen and oxygen atoms in total. The van der Waals surface area contributed by atoms with Crippen molar-refractivity contribution in [3.8, 4) is 0 Å². The van der Waals surface area contributed by atoms with Crippen LogP contribution >= 0.6 is 35.0 Å². The highest BCUT2D eigenvalue weighted by molar-refractivity contribution is 7.99. The van der Waals surface area contributed by atoms with Crippen LogP contribution in [0, 0.1) is 0 Å². The van der Waals surface area contributed by atoms with E-state index in [2.05, 4.69) is 20.8 Å². The van der Waals surface area contributed by atoms with Gasteiger partial charge in [0, 0.05) is 30.3 Å². The Hall–Kier alpha value is -2.55. The number of halogens is 2. The van der Waals surface area contributed by atoms with Crippen LogP contribution in [0.5, 0.6) is 0 Å². The molecule has 0 fully saturated rings. The summed E-state index contributed by atoms with van der Waals surface area (Å²) in [4.78, 5) is 25.0. The lowest BCUT2D eigenvalue weighted by molar-refractivity contribution is -0.113. The number of carbonyl (C=O) groups excluding carboxylic acids is 2. The molecule has 168 valence electrons. The maximum absolute atomic E-state index is 12.7. The second-order valence-corrected chi connectivity index (χ2v) is 9.59. The van der Waals surface area contributed by atoms with Gasteiger partial charge in [-0.15, -0.1) is 10.2 Å². The Labute approximate surface area is 200 Å². The van der Waals surface area contributed by atoms with Gasteiger partial charge in [-0.25, -0.2) is 0 Å². The molecule has 0 aliphatic carbocycles. The summed E-state index contributed by atoms with van der Waals surface area (Å²) in [5.74, 6) is -0.250. The molecular weight excluding hydrogens is 469 g/mol. The van der Waals surface area contributed by atoms with Gasteiger partial charge in [0.25, 0.3) is 5.91 Å². The number of hydrogen-bond donors (Lipinski definition) is 2. The van der Waals surface area contributed by atoms with Crippen LogP contribution in [0.2, 0.25) is 10.0 Å². The van der Waals surface area contributed by atoms with Crippen molar-refractivity contribution >= 4 is 52.5 Å². The van der Waals surface area contributed by atoms with Gasteiger partial charge in [-0.3, -0.25) is 9.59 Å². The van der Waals surface area contributed by atoms with Crippen molar-refractivity contribution in [3.63, 3.8) is 0 Å². The summed E-state index contributed by atoms with van der Waals surface area (Å²) in [5, 5.41) is 15.1. The number of carbonyl (C=O) groups is 2. The van der Waals surface area contributed by atoms with E-state index in [1.807, 2.05) is 33.0 Å². The number of aryl methyl sites for hydroxylation is 1. The van der Waals surface area contributed by atoms with Gasteiger partial charge in [0.2, 0.25) is 5.91 Å². The van der Waals surface area contributed by atoms with Gasteiger partial charge >= 0.3 is 0 Å². The Balaban J connectivity index is 1.57. The lowest BCUT2D eigenvalue weighted by Crippen LogP contribution is -2.36. The Bertz CT molecular complexity index is 1130. The van der Waals surface area contributed by atoms with E-state index in [0.29, 0.717) is 33.0 Å². The average molecular weight is 492 g/mol. The minimum Gasteiger partial charge on any atom is -0.351 e. The van der Waals surface area contributed by atoms with E-state index in [0.717, 1.165) is 5.56 Å². The first-order valence-electron chi connectivity index (χ1n) is 9.76. The molecule has 0 unspecified atom stereocenters. The minimum absolute atomic E-state index is 0.181. The first kappa shape index (κ1) is 24.1. The van der Waals surface area contributed by atoms with Crippen molar-refractivity contribution < 1.29 is 9.59 Å². The zero-order valence-corrected chi connectivity index (χ0v) is 20.2. The van der Waals surface area contributed by atoms with Gasteiger partial charge in [-0.05, 0) is 35.9 Å². The number of benzene rings is 2. The van der Waals surface area contributed by atoms with Crippen molar-refractivity contribution in [3.05, 3.63) is 70.0 Å². The molecule has 2 N–H and O–H groups in total. The Kier molecular flexibility index (Phi) is 7.82. The van der Waals surface area contributed by atoms with Crippen LogP contribution in [0.1, 0.15) is 29.8 Å². The van der Waals surface area contributed by atoms with Crippen molar-refractivity contribution in [2.45, 2.75) is 24.4 Å². The summed E-state index contributed by atoms with van der Waals surface area (Å²) in [6, 6.07) is 12.3. The third-order valence-corrected chi connectivity index (χ3v) is 6.58. The van der Waals surface area contributed by atoms with Crippen molar-refractivity contribution in [2.75, 3.05) is 17.6 Å². The molecule has 0 saturated carbocycles. The summed E-state index contributed by atoms with van der Waals surface area (Å²) in [5.41, 5.74) is 1.61. The summed E-state index contributed by atoms with van der Waals surface area (Å²) >= 11 is 13.4. The van der Waals surface area contributed by atoms with Gasteiger partial charge in [0.15, 0.2) is 5.16 Å². The summed E-state index contributed by atoms with van der Waals surface area (Å²) in [6.07, 6.45) is 1.57. The van der Waals surface area contributed by atoms with Crippen LogP contribution in [-0.4, -0.2) is 38.9 Å². The maximum atomic E-state index is 12.7. The molecule has 3 aromatic rings. The highest BCUT2D eigenvalue weighted by Gasteiger charge is 2.23. The van der Waals surface area contributed by atoms with Gasteiger partial charge in [-0.2, -0.15) is 0 Å². The number of anilines is 1. The average Bonchev–Trinajstić information content (AvgIpc) is 3.17. The fraction of sp³-hybridized carbons (Fsp3) is 0.273. The number of rotatable bonds is 8. The SMILES string of the molecule is Cn1cnnc1SCC(=O)Nc1cccc(C(=O)NCC(C)(C)c2ccc(Cl)c(Cl)c2)c1. The molecule has 2 amide bonds. The molecule has 0 aliphatic rings. The van der Waals surface area contributed by atoms with E-state index in [4.69, 9.17) is 23.2 Å². The number of nitrogens with one attached hydrogen (secondary N) is 2. The Morgan fingerprint density at radius 3 is 2.59 bits per heavy atom. The molecule has 1 aromatic heterocycles. The predicted octanol–water partition coefficient (Wildman–Crippen LogP) is 4.56. The van der Waals surface area contributed by atoms with Crippen LogP contribution in [0.4, 0.5) is 5.69 Å². The van der Waals surface area contributed by atoms with E-state index < -0.39 is 0 Å². The Morgan fingerprint density at radius 1 is 1.12 bits per heavy atom. The minimum atomic E-state index is -0.354. The first-order valence-corrected chi connectivity index (χ1v) is 11.5. The molecule has 0 spiro atoms. The third kappa shape index (κ3) is 6.25. The summed E-state index contributed by atoms with van der Waals surface area (Å²) in [7, 11) is 1.81. The Morgan fingerprint density at radius 2 is 1.91 bits per heavy atom. The second kappa shape index (κ2) is 10.4. The van der Waals surface area contributed by atoms with E-state index in [1.54, 1.807) is 41.2 Å². The second-order valence-electron chi connectivity index (χ2n) is 7.84. The number of nitrogens with zero attached hydrogens (tertiary/aromatic N) is 3. The molecule has 1 heterocycles. The highest BCUT2D eigenvalue weighted by atomic mass is 35.5. The molecule has 3 rings (SSSR count). The lowest BCUT2D eigenvalue weighted by atomic mass is 9.84. The summed E-state index contributed by atoms with van der Waals surface area (Å²) in [6.45, 7) is 4.42. The third-order valence-electron chi connectivity index (χ3n) is 4.80. The quantitative estimate of drug-likeness (QED) is 0.450. The number of hydrogen-bond acceptors (Lipinski definition) is 5. The lowest BCUT2D eigenvalue weighted by Gasteiger charge is -2.26. The monoisotopic (exact) mass is 491 g/mol. The number of thioether (sulfide) groups is 1. The maximum Gasteiger partial charge on any atom is 0.251 e. The first-order chi connectivity index (χ1) is 15.2. The van der Waals surface area contributed by atoms with Crippen LogP contribution in [0.3, 0.4) is 0 Å². The predicted molar refractivity (Wildman–Crippen MR) is 129 cm³/mol. The number of aromatic nitrogens is 3. The van der Waals surface area contributed by atoms with Gasteiger partial charge in [-0.1, -0.05) is 60.9 Å². The van der Waals surface area contributed by atoms with Crippen molar-refractivity contribution in [2.24, 2.45) is 7.05 Å². The van der Waals surface area contributed by atoms with Gasteiger partial charge < -0.3 is 15.2 Å². The fourth-order valence-corrected chi connectivity index (χ4v) is 3.88. The van der Waals surface area contributed by atoms with Crippen LogP contribution in [0.25, 0.3) is 0 Å². The molecule has 10 heteroatoms. The van der Waals surface area contributed by atoms with Crippen molar-refractivity contribution in [1.29, 1.82) is 0 Å². The highest BCUT2D eigenvalue weighted by Crippen LogP contribution is 2.29. The standard InChI is InChI=1S/C22H23Cl2N5O2S/c1-22(2,15-7-8-17(23)18(24)10-15)12-25-20(31)14-5-4-6-16(9-14)27-19(30)11-32-21-28-26-13-29(21)3/h4-10,13H,11-12H2,1-3H3,(H,25,31)(H,27,30). The van der Waals surface area contributed by atoms with Crippen LogP contribution in [-0.2, 0) is 17.3 Å². The smallest absolute Gasteiger partial charge is 0.251 e. The number of amides is 2. The molecule has 0 aliphatic heterocycles. The molecule has 0 saturated heterocycles. The van der Waals surface area contributed by atoms with Gasteiger partial charge in [0.1, 0.15) is 6.33 Å². The van der Waals surface area contributed by atoms with E-state index in [9.17, 15) is 9.59 Å². The van der Waals surface area contributed by atoms with Crippen molar-refractivity contribution in [1.82, 2.24) is 20.1 Å². The zero-order chi connectivity index (χ0) is 23.3. The largest absolute Gasteiger partial charge is 0.351 e. The molecule has 0 bridgehead atoms. The molecule has 2 aromatic carbocycles. The van der Waals surface area contributed by atoms with Gasteiger partial charge in [0.05, 0.1) is 15.8 Å². The topological polar surface area (TPSA) is 88.9 Å². The molecule has 0 atom stereocenters. The van der Waals surface area contributed by atoms with Crippen LogP contribution in [0.15, 0.2) is 53.9 Å². The molecule has 32 heavy (non-hydrogen) atoms. The zero-order valence-electron chi connectivity index (χ0n) is 17.9. The fourth-order valence-electron chi connectivity index (χ4n) is 2.89. The van der Waals surface area contributed by atoms with E-state index in [-0.39, 0.29) is 23.0 Å².